The zero-order valence-corrected chi connectivity index (χ0v) is 13.8. The van der Waals surface area contributed by atoms with E-state index in [9.17, 15) is 4.79 Å². The number of carbonyl (C=O) groups is 1. The third-order valence-corrected chi connectivity index (χ3v) is 2.85. The van der Waals surface area contributed by atoms with E-state index in [-0.39, 0.29) is 5.91 Å². The predicted molar refractivity (Wildman–Crippen MR) is 86.2 cm³/mol. The second kappa shape index (κ2) is 8.36. The number of hydrogen-bond donors (Lipinski definition) is 1. The molecular formula is C15H18BrNO4. The van der Waals surface area contributed by atoms with Crippen LogP contribution in [0.4, 0.5) is 0 Å². The first-order chi connectivity index (χ1) is 10.0. The van der Waals surface area contributed by atoms with E-state index < -0.39 is 0 Å². The highest BCUT2D eigenvalue weighted by molar-refractivity contribution is 9.11. The Morgan fingerprint density at radius 3 is 2.24 bits per heavy atom. The Hall–Kier alpha value is -1.95. The Balaban J connectivity index is 2.93. The maximum atomic E-state index is 11.6. The van der Waals surface area contributed by atoms with Gasteiger partial charge in [0.05, 0.1) is 21.3 Å². The highest BCUT2D eigenvalue weighted by Gasteiger charge is 2.12. The molecule has 0 spiro atoms. The molecule has 0 aliphatic rings. The fraction of sp³-hybridized carbons (Fsp3) is 0.267. The summed E-state index contributed by atoms with van der Waals surface area (Å²) in [7, 11) is 4.62. The Morgan fingerprint density at radius 2 is 1.81 bits per heavy atom. The van der Waals surface area contributed by atoms with Gasteiger partial charge in [-0.25, -0.2) is 0 Å². The first kappa shape index (κ1) is 17.1. The monoisotopic (exact) mass is 355 g/mol. The SMILES string of the molecule is C=C(Br)CNC(=O)/C=C/c1cc(OC)c(OC)c(OC)c1. The first-order valence-corrected chi connectivity index (χ1v) is 6.90. The van der Waals surface area contributed by atoms with Crippen LogP contribution in [0.3, 0.4) is 0 Å². The number of halogens is 1. The summed E-state index contributed by atoms with van der Waals surface area (Å²) in [6, 6.07) is 3.52. The van der Waals surface area contributed by atoms with Crippen LogP contribution in [0.2, 0.25) is 0 Å². The molecule has 0 aromatic heterocycles. The quantitative estimate of drug-likeness (QED) is 0.764. The van der Waals surface area contributed by atoms with Crippen molar-refractivity contribution in [3.63, 3.8) is 0 Å². The van der Waals surface area contributed by atoms with Crippen molar-refractivity contribution < 1.29 is 19.0 Å². The lowest BCUT2D eigenvalue weighted by atomic mass is 10.1. The molecule has 0 fully saturated rings. The molecule has 21 heavy (non-hydrogen) atoms. The van der Waals surface area contributed by atoms with E-state index >= 15 is 0 Å². The van der Waals surface area contributed by atoms with E-state index in [4.69, 9.17) is 14.2 Å². The van der Waals surface area contributed by atoms with Gasteiger partial charge in [0, 0.05) is 17.1 Å². The molecular weight excluding hydrogens is 338 g/mol. The molecule has 0 atom stereocenters. The van der Waals surface area contributed by atoms with E-state index in [1.54, 1.807) is 32.4 Å². The molecule has 0 radical (unpaired) electrons. The lowest BCUT2D eigenvalue weighted by Gasteiger charge is -2.12. The Kier molecular flexibility index (Phi) is 6.81. The van der Waals surface area contributed by atoms with Crippen LogP contribution in [0.25, 0.3) is 6.08 Å². The lowest BCUT2D eigenvalue weighted by molar-refractivity contribution is -0.116. The maximum absolute atomic E-state index is 11.6. The van der Waals surface area contributed by atoms with Gasteiger partial charge in [0.25, 0.3) is 0 Å². The Morgan fingerprint density at radius 1 is 1.24 bits per heavy atom. The van der Waals surface area contributed by atoms with E-state index in [0.717, 1.165) is 5.56 Å². The summed E-state index contributed by atoms with van der Waals surface area (Å²) in [4.78, 5) is 11.6. The van der Waals surface area contributed by atoms with Gasteiger partial charge in [0.15, 0.2) is 11.5 Å². The highest BCUT2D eigenvalue weighted by atomic mass is 79.9. The molecule has 0 bridgehead atoms. The number of carbonyl (C=O) groups excluding carboxylic acids is 1. The highest BCUT2D eigenvalue weighted by Crippen LogP contribution is 2.38. The molecule has 0 saturated carbocycles. The summed E-state index contributed by atoms with van der Waals surface area (Å²) in [5.74, 6) is 1.36. The van der Waals surface area contributed by atoms with Crippen molar-refractivity contribution in [1.29, 1.82) is 0 Å². The van der Waals surface area contributed by atoms with Gasteiger partial charge in [-0.15, -0.1) is 0 Å². The molecule has 0 saturated heterocycles. The molecule has 0 aliphatic heterocycles. The molecule has 6 heteroatoms. The summed E-state index contributed by atoms with van der Waals surface area (Å²) in [5.41, 5.74) is 0.761. The van der Waals surface area contributed by atoms with Gasteiger partial charge < -0.3 is 19.5 Å². The predicted octanol–water partition coefficient (Wildman–Crippen LogP) is 2.75. The molecule has 0 unspecified atom stereocenters. The van der Waals surface area contributed by atoms with E-state index in [0.29, 0.717) is 28.3 Å². The molecule has 114 valence electrons. The van der Waals surface area contributed by atoms with Gasteiger partial charge in [0.2, 0.25) is 11.7 Å². The summed E-state index contributed by atoms with van der Waals surface area (Å²) in [6.45, 7) is 4.01. The number of benzene rings is 1. The van der Waals surface area contributed by atoms with Gasteiger partial charge in [-0.05, 0) is 23.8 Å². The zero-order chi connectivity index (χ0) is 15.8. The maximum Gasteiger partial charge on any atom is 0.244 e. The number of ether oxygens (including phenoxy) is 3. The first-order valence-electron chi connectivity index (χ1n) is 6.11. The molecule has 0 aliphatic carbocycles. The molecule has 1 amide bonds. The molecule has 1 rings (SSSR count). The fourth-order valence-corrected chi connectivity index (χ4v) is 1.75. The van der Waals surface area contributed by atoms with Crippen LogP contribution in [-0.2, 0) is 4.79 Å². The Labute approximate surface area is 132 Å². The average molecular weight is 356 g/mol. The van der Waals surface area contributed by atoms with Crippen LogP contribution in [0, 0.1) is 0 Å². The van der Waals surface area contributed by atoms with Gasteiger partial charge in [-0.2, -0.15) is 0 Å². The number of methoxy groups -OCH3 is 3. The second-order valence-electron chi connectivity index (χ2n) is 4.03. The largest absolute Gasteiger partial charge is 0.493 e. The number of amides is 1. The minimum Gasteiger partial charge on any atom is -0.493 e. The molecule has 1 N–H and O–H groups in total. The smallest absolute Gasteiger partial charge is 0.244 e. The standard InChI is InChI=1S/C15H18BrNO4/c1-10(16)9-17-14(18)6-5-11-7-12(19-2)15(21-4)13(8-11)20-3/h5-8H,1,9H2,2-4H3,(H,17,18)/b6-5+. The van der Waals surface area contributed by atoms with Crippen molar-refractivity contribution in [2.45, 2.75) is 0 Å². The minimum absolute atomic E-state index is 0.218. The second-order valence-corrected chi connectivity index (χ2v) is 5.15. The van der Waals surface area contributed by atoms with Crippen molar-refractivity contribution in [2.75, 3.05) is 27.9 Å². The molecule has 1 aromatic rings. The van der Waals surface area contributed by atoms with Crippen LogP contribution in [0.5, 0.6) is 17.2 Å². The topological polar surface area (TPSA) is 56.8 Å². The molecule has 1 aromatic carbocycles. The van der Waals surface area contributed by atoms with Crippen molar-refractivity contribution in [3.05, 3.63) is 34.8 Å². The Bertz CT molecular complexity index is 530. The summed E-state index contributed by atoms with van der Waals surface area (Å²) in [6.07, 6.45) is 3.09. The zero-order valence-electron chi connectivity index (χ0n) is 12.2. The number of rotatable bonds is 7. The van der Waals surface area contributed by atoms with Crippen LogP contribution in [0.15, 0.2) is 29.3 Å². The third kappa shape index (κ3) is 5.15. The van der Waals surface area contributed by atoms with Gasteiger partial charge >= 0.3 is 0 Å². The number of nitrogens with one attached hydrogen (secondary N) is 1. The number of hydrogen-bond acceptors (Lipinski definition) is 4. The third-order valence-electron chi connectivity index (χ3n) is 2.57. The fourth-order valence-electron chi connectivity index (χ4n) is 1.61. The van der Waals surface area contributed by atoms with E-state index in [1.165, 1.54) is 13.2 Å². The van der Waals surface area contributed by atoms with Crippen LogP contribution in [-0.4, -0.2) is 33.8 Å². The van der Waals surface area contributed by atoms with E-state index in [1.807, 2.05) is 0 Å². The minimum atomic E-state index is -0.218. The van der Waals surface area contributed by atoms with E-state index in [2.05, 4.69) is 27.8 Å². The summed E-state index contributed by atoms with van der Waals surface area (Å²) < 4.78 is 16.4. The molecule has 0 heterocycles. The van der Waals surface area contributed by atoms with Crippen LogP contribution < -0.4 is 19.5 Å². The van der Waals surface area contributed by atoms with Gasteiger partial charge in [0.1, 0.15) is 0 Å². The van der Waals surface area contributed by atoms with Crippen molar-refractivity contribution in [2.24, 2.45) is 0 Å². The van der Waals surface area contributed by atoms with Gasteiger partial charge in [-0.3, -0.25) is 4.79 Å². The van der Waals surface area contributed by atoms with Crippen molar-refractivity contribution >= 4 is 27.9 Å². The lowest BCUT2D eigenvalue weighted by Crippen LogP contribution is -2.21. The summed E-state index contributed by atoms with van der Waals surface area (Å²) in [5, 5.41) is 2.67. The van der Waals surface area contributed by atoms with Gasteiger partial charge in [-0.1, -0.05) is 22.5 Å². The van der Waals surface area contributed by atoms with Crippen LogP contribution in [0.1, 0.15) is 5.56 Å². The van der Waals surface area contributed by atoms with Crippen molar-refractivity contribution in [1.82, 2.24) is 5.32 Å². The summed E-state index contributed by atoms with van der Waals surface area (Å²) >= 11 is 3.17. The van der Waals surface area contributed by atoms with Crippen LogP contribution >= 0.6 is 15.9 Å². The normalized spacial score (nSPS) is 10.3. The average Bonchev–Trinajstić information content (AvgIpc) is 2.49. The van der Waals surface area contributed by atoms with Crippen molar-refractivity contribution in [3.8, 4) is 17.2 Å². The molecule has 5 nitrogen and oxygen atoms in total.